The number of aromatic nitrogens is 2. The summed E-state index contributed by atoms with van der Waals surface area (Å²) in [5.74, 6) is 0.576. The van der Waals surface area contributed by atoms with E-state index in [9.17, 15) is 4.79 Å². The molecule has 1 amide bonds. The van der Waals surface area contributed by atoms with Crippen molar-refractivity contribution in [1.29, 1.82) is 0 Å². The van der Waals surface area contributed by atoms with Crippen molar-refractivity contribution in [2.24, 2.45) is 0 Å². The molecule has 158 valence electrons. The topological polar surface area (TPSA) is 71.3 Å². The van der Waals surface area contributed by atoms with Crippen LogP contribution in [0.3, 0.4) is 0 Å². The molecule has 0 bridgehead atoms. The van der Waals surface area contributed by atoms with Crippen molar-refractivity contribution in [3.05, 3.63) is 59.9 Å². The normalized spacial score (nSPS) is 14.7. The molecule has 0 unspecified atom stereocenters. The van der Waals surface area contributed by atoms with Crippen LogP contribution in [0.5, 0.6) is 0 Å². The predicted molar refractivity (Wildman–Crippen MR) is 124 cm³/mol. The fraction of sp³-hybridized carbons (Fsp3) is 0.320. The Morgan fingerprint density at radius 3 is 2.65 bits per heavy atom. The summed E-state index contributed by atoms with van der Waals surface area (Å²) in [5.41, 5.74) is 4.03. The number of nitrogens with zero attached hydrogens (tertiary/aromatic N) is 3. The van der Waals surface area contributed by atoms with E-state index in [-0.39, 0.29) is 11.7 Å². The molecule has 31 heavy (non-hydrogen) atoms. The van der Waals surface area contributed by atoms with Crippen LogP contribution < -0.4 is 10.2 Å². The van der Waals surface area contributed by atoms with Crippen molar-refractivity contribution >= 4 is 39.5 Å². The van der Waals surface area contributed by atoms with Crippen LogP contribution in [0.1, 0.15) is 48.8 Å². The van der Waals surface area contributed by atoms with E-state index in [2.05, 4.69) is 22.1 Å². The highest BCUT2D eigenvalue weighted by Crippen LogP contribution is 2.34. The summed E-state index contributed by atoms with van der Waals surface area (Å²) in [7, 11) is 0. The summed E-state index contributed by atoms with van der Waals surface area (Å²) in [6.07, 6.45) is 5.55. The zero-order valence-electron chi connectivity index (χ0n) is 17.7. The molecule has 6 heteroatoms. The first kappa shape index (κ1) is 19.5. The fourth-order valence-corrected chi connectivity index (χ4v) is 4.23. The summed E-state index contributed by atoms with van der Waals surface area (Å²) in [5, 5.41) is 3.87. The highest BCUT2D eigenvalue weighted by Gasteiger charge is 2.23. The Labute approximate surface area is 181 Å². The minimum atomic E-state index is -0.309. The molecular weight excluding hydrogens is 388 g/mol. The average molecular weight is 415 g/mol. The molecule has 1 fully saturated rings. The molecule has 2 aromatic heterocycles. The number of fused-ring (bicyclic) bond motifs is 3. The number of amides is 1. The Balaban J connectivity index is 1.60. The van der Waals surface area contributed by atoms with Gasteiger partial charge in [0.2, 0.25) is 5.82 Å². The highest BCUT2D eigenvalue weighted by molar-refractivity contribution is 6.09. The summed E-state index contributed by atoms with van der Waals surface area (Å²) >= 11 is 0. The van der Waals surface area contributed by atoms with Gasteiger partial charge in [-0.05, 0) is 49.1 Å². The van der Waals surface area contributed by atoms with Gasteiger partial charge in [0, 0.05) is 24.2 Å². The lowest BCUT2D eigenvalue weighted by Gasteiger charge is -2.21. The number of para-hydroxylation sites is 1. The number of aryl methyl sites for hydroxylation is 1. The molecular formula is C25H26N4O2. The molecule has 0 atom stereocenters. The van der Waals surface area contributed by atoms with Gasteiger partial charge in [-0.3, -0.25) is 4.79 Å². The molecule has 5 rings (SSSR count). The predicted octanol–water partition coefficient (Wildman–Crippen LogP) is 5.57. The van der Waals surface area contributed by atoms with Crippen molar-refractivity contribution in [2.45, 2.75) is 39.0 Å². The maximum atomic E-state index is 13.1. The van der Waals surface area contributed by atoms with E-state index in [0.29, 0.717) is 11.1 Å². The van der Waals surface area contributed by atoms with Gasteiger partial charge in [-0.2, -0.15) is 0 Å². The molecule has 0 aliphatic carbocycles. The van der Waals surface area contributed by atoms with Gasteiger partial charge in [-0.1, -0.05) is 44.0 Å². The number of furan rings is 1. The SMILES string of the molecule is CCc1cccc(NC(=O)c2nc(N3CCCCCC3)c3oc4ccccc4c3n2)c1. The van der Waals surface area contributed by atoms with E-state index >= 15 is 0 Å². The lowest BCUT2D eigenvalue weighted by Crippen LogP contribution is -2.26. The molecule has 2 aromatic carbocycles. The van der Waals surface area contributed by atoms with Gasteiger partial charge in [0.1, 0.15) is 11.1 Å². The molecule has 4 aromatic rings. The van der Waals surface area contributed by atoms with Gasteiger partial charge >= 0.3 is 0 Å². The number of nitrogens with one attached hydrogen (secondary N) is 1. The largest absolute Gasteiger partial charge is 0.450 e. The number of hydrogen-bond acceptors (Lipinski definition) is 5. The van der Waals surface area contributed by atoms with Crippen molar-refractivity contribution < 1.29 is 9.21 Å². The summed E-state index contributed by atoms with van der Waals surface area (Å²) in [6, 6.07) is 15.7. The Kier molecular flexibility index (Phi) is 5.28. The van der Waals surface area contributed by atoms with E-state index in [1.54, 1.807) is 0 Å². The van der Waals surface area contributed by atoms with Crippen LogP contribution in [-0.2, 0) is 6.42 Å². The van der Waals surface area contributed by atoms with Crippen LogP contribution in [0.15, 0.2) is 52.9 Å². The van der Waals surface area contributed by atoms with E-state index in [1.165, 1.54) is 18.4 Å². The molecule has 6 nitrogen and oxygen atoms in total. The molecule has 0 spiro atoms. The molecule has 1 aliphatic rings. The lowest BCUT2D eigenvalue weighted by atomic mass is 10.1. The van der Waals surface area contributed by atoms with Crippen LogP contribution in [0.25, 0.3) is 22.1 Å². The number of rotatable bonds is 4. The van der Waals surface area contributed by atoms with Gasteiger partial charge in [0.25, 0.3) is 5.91 Å². The molecule has 1 N–H and O–H groups in total. The third-order valence-electron chi connectivity index (χ3n) is 5.90. The fourth-order valence-electron chi connectivity index (χ4n) is 4.23. The Morgan fingerprint density at radius 1 is 1.03 bits per heavy atom. The average Bonchev–Trinajstić information content (AvgIpc) is 2.97. The summed E-state index contributed by atoms with van der Waals surface area (Å²) in [6.45, 7) is 3.90. The minimum Gasteiger partial charge on any atom is -0.450 e. The Morgan fingerprint density at radius 2 is 1.84 bits per heavy atom. The molecule has 0 radical (unpaired) electrons. The maximum absolute atomic E-state index is 13.1. The monoisotopic (exact) mass is 414 g/mol. The summed E-state index contributed by atoms with van der Waals surface area (Å²) < 4.78 is 6.16. The first-order chi connectivity index (χ1) is 15.2. The molecule has 1 aliphatic heterocycles. The van der Waals surface area contributed by atoms with Crippen molar-refractivity contribution in [3.8, 4) is 0 Å². The third kappa shape index (κ3) is 3.85. The van der Waals surface area contributed by atoms with E-state index < -0.39 is 0 Å². The number of anilines is 2. The van der Waals surface area contributed by atoms with Gasteiger partial charge in [0.15, 0.2) is 11.4 Å². The second-order valence-electron chi connectivity index (χ2n) is 8.06. The molecule has 1 saturated heterocycles. The lowest BCUT2D eigenvalue weighted by molar-refractivity contribution is 0.101. The van der Waals surface area contributed by atoms with Crippen LogP contribution in [0.2, 0.25) is 0 Å². The van der Waals surface area contributed by atoms with Gasteiger partial charge < -0.3 is 14.6 Å². The Bertz CT molecular complexity index is 1240. The third-order valence-corrected chi connectivity index (χ3v) is 5.90. The van der Waals surface area contributed by atoms with Crippen LogP contribution >= 0.6 is 0 Å². The maximum Gasteiger partial charge on any atom is 0.293 e. The van der Waals surface area contributed by atoms with E-state index in [0.717, 1.165) is 54.8 Å². The molecule has 0 saturated carbocycles. The van der Waals surface area contributed by atoms with Crippen molar-refractivity contribution in [1.82, 2.24) is 9.97 Å². The first-order valence-electron chi connectivity index (χ1n) is 11.1. The van der Waals surface area contributed by atoms with Crippen LogP contribution in [0, 0.1) is 0 Å². The van der Waals surface area contributed by atoms with E-state index in [4.69, 9.17) is 9.40 Å². The number of hydrogen-bond donors (Lipinski definition) is 1. The number of carbonyl (C=O) groups is 1. The second-order valence-corrected chi connectivity index (χ2v) is 8.06. The van der Waals surface area contributed by atoms with Gasteiger partial charge in [-0.25, -0.2) is 9.97 Å². The number of carbonyl (C=O) groups excluding carboxylic acids is 1. The zero-order chi connectivity index (χ0) is 21.2. The van der Waals surface area contributed by atoms with Gasteiger partial charge in [-0.15, -0.1) is 0 Å². The van der Waals surface area contributed by atoms with Crippen LogP contribution in [0.4, 0.5) is 11.5 Å². The summed E-state index contributed by atoms with van der Waals surface area (Å²) in [4.78, 5) is 24.7. The quantitative estimate of drug-likeness (QED) is 0.473. The zero-order valence-corrected chi connectivity index (χ0v) is 17.7. The van der Waals surface area contributed by atoms with Crippen molar-refractivity contribution in [3.63, 3.8) is 0 Å². The highest BCUT2D eigenvalue weighted by atomic mass is 16.3. The Hall–Kier alpha value is -3.41. The molecule has 3 heterocycles. The smallest absolute Gasteiger partial charge is 0.293 e. The van der Waals surface area contributed by atoms with E-state index in [1.807, 2.05) is 48.5 Å². The van der Waals surface area contributed by atoms with Crippen LogP contribution in [-0.4, -0.2) is 29.0 Å². The van der Waals surface area contributed by atoms with Gasteiger partial charge in [0.05, 0.1) is 0 Å². The minimum absolute atomic E-state index is 0.167. The van der Waals surface area contributed by atoms with Crippen molar-refractivity contribution in [2.75, 3.05) is 23.3 Å². The second kappa shape index (κ2) is 8.38. The standard InChI is InChI=1S/C25H26N4O2/c1-2-17-10-9-11-18(16-17)26-25(30)23-27-21-19-12-5-6-13-20(19)31-22(21)24(28-23)29-14-7-3-4-8-15-29/h5-6,9-13,16H,2-4,7-8,14-15H2,1H3,(H,26,30). The number of benzene rings is 2. The first-order valence-corrected chi connectivity index (χ1v) is 11.1.